The number of para-hydroxylation sites is 1. The first-order valence-electron chi connectivity index (χ1n) is 9.57. The second-order valence-corrected chi connectivity index (χ2v) is 8.81. The van der Waals surface area contributed by atoms with Crippen molar-refractivity contribution in [1.82, 2.24) is 0 Å². The Labute approximate surface area is 179 Å². The van der Waals surface area contributed by atoms with Crippen molar-refractivity contribution in [1.29, 1.82) is 5.26 Å². The van der Waals surface area contributed by atoms with E-state index in [0.29, 0.717) is 29.6 Å². The Bertz CT molecular complexity index is 1030. The zero-order chi connectivity index (χ0) is 20.5. The molecule has 0 aliphatic heterocycles. The molecule has 1 unspecified atom stereocenters. The number of thioether (sulfide) groups is 2. The molecule has 0 saturated carbocycles. The highest BCUT2D eigenvalue weighted by Gasteiger charge is 2.11. The van der Waals surface area contributed by atoms with Crippen LogP contribution in [0.2, 0.25) is 0 Å². The lowest BCUT2D eigenvalue weighted by molar-refractivity contribution is 0.167. The summed E-state index contributed by atoms with van der Waals surface area (Å²) < 4.78 is 11.0. The van der Waals surface area contributed by atoms with E-state index in [9.17, 15) is 10.1 Å². The number of benzene rings is 2. The normalized spacial score (nSPS) is 12.0. The minimum atomic E-state index is -0.438. The summed E-state index contributed by atoms with van der Waals surface area (Å²) >= 11 is 3.47. The third-order valence-electron chi connectivity index (χ3n) is 4.43. The number of fused-ring (bicyclic) bond motifs is 1. The molecule has 3 aromatic rings. The molecule has 1 heterocycles. The van der Waals surface area contributed by atoms with Crippen molar-refractivity contribution >= 4 is 34.5 Å². The van der Waals surface area contributed by atoms with Crippen molar-refractivity contribution in [3.63, 3.8) is 0 Å². The summed E-state index contributed by atoms with van der Waals surface area (Å²) in [7, 11) is 0. The van der Waals surface area contributed by atoms with Crippen molar-refractivity contribution in [2.45, 2.75) is 23.5 Å². The Hall–Kier alpha value is -2.20. The molecule has 0 N–H and O–H groups in total. The molecule has 0 aliphatic carbocycles. The molecule has 29 heavy (non-hydrogen) atoms. The summed E-state index contributed by atoms with van der Waals surface area (Å²) in [5.74, 6) is 1.68. The van der Waals surface area contributed by atoms with E-state index in [-0.39, 0.29) is 0 Å². The highest BCUT2D eigenvalue weighted by molar-refractivity contribution is 7.99. The van der Waals surface area contributed by atoms with Crippen molar-refractivity contribution in [2.75, 3.05) is 24.7 Å². The second-order valence-electron chi connectivity index (χ2n) is 6.36. The average Bonchev–Trinajstić information content (AvgIpc) is 2.75. The van der Waals surface area contributed by atoms with Gasteiger partial charge >= 0.3 is 5.63 Å². The molecule has 3 rings (SSSR count). The Morgan fingerprint density at radius 2 is 1.90 bits per heavy atom. The first-order chi connectivity index (χ1) is 14.2. The number of ether oxygens (including phenoxy) is 1. The maximum Gasteiger partial charge on any atom is 0.337 e. The standard InChI is InChI=1S/C23H23NO3S2/c1-2-20(17-7-4-3-5-8-17)28-13-11-26-12-14-29-21-15-22(25)27-23-18(16-24)9-6-10-19(21)23/h3-10,15,20H,2,11-14H2,1H3. The van der Waals surface area contributed by atoms with Gasteiger partial charge in [0, 0.05) is 33.1 Å². The molecule has 0 aliphatic rings. The van der Waals surface area contributed by atoms with Gasteiger partial charge in [0.15, 0.2) is 5.58 Å². The Kier molecular flexibility index (Phi) is 8.24. The van der Waals surface area contributed by atoms with E-state index < -0.39 is 5.63 Å². The minimum absolute atomic E-state index is 0.355. The lowest BCUT2D eigenvalue weighted by Gasteiger charge is -2.15. The first kappa shape index (κ1) is 21.5. The third kappa shape index (κ3) is 5.89. The van der Waals surface area contributed by atoms with E-state index in [2.05, 4.69) is 37.3 Å². The van der Waals surface area contributed by atoms with Gasteiger partial charge in [-0.25, -0.2) is 4.79 Å². The summed E-state index contributed by atoms with van der Waals surface area (Å²) in [5.41, 5.74) is 1.65. The molecule has 6 heteroatoms. The lowest BCUT2D eigenvalue weighted by Crippen LogP contribution is -2.04. The summed E-state index contributed by atoms with van der Waals surface area (Å²) in [6.07, 6.45) is 1.10. The van der Waals surface area contributed by atoms with Gasteiger partial charge in [0.1, 0.15) is 6.07 Å². The highest BCUT2D eigenvalue weighted by Crippen LogP contribution is 2.31. The van der Waals surface area contributed by atoms with Crippen LogP contribution in [0.15, 0.2) is 68.7 Å². The molecule has 1 atom stereocenters. The van der Waals surface area contributed by atoms with Crippen LogP contribution in [0.3, 0.4) is 0 Å². The highest BCUT2D eigenvalue weighted by atomic mass is 32.2. The summed E-state index contributed by atoms with van der Waals surface area (Å²) in [5, 5.41) is 10.5. The fraction of sp³-hybridized carbons (Fsp3) is 0.304. The molecule has 150 valence electrons. The van der Waals surface area contributed by atoms with E-state index in [1.807, 2.05) is 23.9 Å². The molecule has 0 saturated heterocycles. The molecule has 1 aromatic heterocycles. The van der Waals surface area contributed by atoms with E-state index >= 15 is 0 Å². The van der Waals surface area contributed by atoms with Crippen molar-refractivity contribution < 1.29 is 9.15 Å². The molecule has 0 amide bonds. The SMILES string of the molecule is CCC(SCCOCCSc1cc(=O)oc2c(C#N)cccc12)c1ccccc1. The molecule has 0 fully saturated rings. The molecule has 4 nitrogen and oxygen atoms in total. The van der Waals surface area contributed by atoms with E-state index in [0.717, 1.165) is 28.2 Å². The molecule has 0 radical (unpaired) electrons. The summed E-state index contributed by atoms with van der Waals surface area (Å²) in [4.78, 5) is 12.7. The predicted octanol–water partition coefficient (Wildman–Crippen LogP) is 5.66. The van der Waals surface area contributed by atoms with Crippen molar-refractivity contribution in [2.24, 2.45) is 0 Å². The van der Waals surface area contributed by atoms with Gasteiger partial charge in [0.25, 0.3) is 0 Å². The van der Waals surface area contributed by atoms with E-state index in [1.165, 1.54) is 11.6 Å². The van der Waals surface area contributed by atoms with Crippen molar-refractivity contribution in [3.8, 4) is 6.07 Å². The number of nitriles is 1. The van der Waals surface area contributed by atoms with Gasteiger partial charge in [-0.2, -0.15) is 17.0 Å². The number of hydrogen-bond donors (Lipinski definition) is 0. The predicted molar refractivity (Wildman–Crippen MR) is 121 cm³/mol. The lowest BCUT2D eigenvalue weighted by atomic mass is 10.1. The largest absolute Gasteiger partial charge is 0.421 e. The van der Waals surface area contributed by atoms with E-state index in [4.69, 9.17) is 9.15 Å². The monoisotopic (exact) mass is 425 g/mol. The maximum atomic E-state index is 11.8. The average molecular weight is 426 g/mol. The van der Waals surface area contributed by atoms with Crippen LogP contribution >= 0.6 is 23.5 Å². The quantitative estimate of drug-likeness (QED) is 0.237. The molecule has 0 spiro atoms. The van der Waals surface area contributed by atoms with Crippen LogP contribution in [0.1, 0.15) is 29.7 Å². The zero-order valence-corrected chi connectivity index (χ0v) is 17.9. The van der Waals surface area contributed by atoms with Crippen LogP contribution in [0, 0.1) is 11.3 Å². The summed E-state index contributed by atoms with van der Waals surface area (Å²) in [6, 6.07) is 19.4. The minimum Gasteiger partial charge on any atom is -0.421 e. The topological polar surface area (TPSA) is 63.2 Å². The third-order valence-corrected chi connectivity index (χ3v) is 6.86. The van der Waals surface area contributed by atoms with Crippen LogP contribution in [-0.4, -0.2) is 24.7 Å². The second kappa shape index (κ2) is 11.1. The van der Waals surface area contributed by atoms with Gasteiger partial charge in [0.05, 0.1) is 18.8 Å². The Morgan fingerprint density at radius 1 is 1.10 bits per heavy atom. The smallest absolute Gasteiger partial charge is 0.337 e. The number of rotatable bonds is 10. The van der Waals surface area contributed by atoms with Crippen LogP contribution in [0.25, 0.3) is 11.0 Å². The fourth-order valence-electron chi connectivity index (χ4n) is 3.04. The first-order valence-corrected chi connectivity index (χ1v) is 11.6. The van der Waals surface area contributed by atoms with Crippen LogP contribution in [-0.2, 0) is 4.74 Å². The molecule has 2 aromatic carbocycles. The van der Waals surface area contributed by atoms with Gasteiger partial charge in [-0.1, -0.05) is 49.4 Å². The van der Waals surface area contributed by atoms with Gasteiger partial charge < -0.3 is 9.15 Å². The Morgan fingerprint density at radius 3 is 2.66 bits per heavy atom. The van der Waals surface area contributed by atoms with Gasteiger partial charge in [-0.15, -0.1) is 11.8 Å². The van der Waals surface area contributed by atoms with Crippen LogP contribution in [0.4, 0.5) is 0 Å². The zero-order valence-electron chi connectivity index (χ0n) is 16.3. The fourth-order valence-corrected chi connectivity index (χ4v) is 5.04. The number of nitrogens with zero attached hydrogens (tertiary/aromatic N) is 1. The Balaban J connectivity index is 1.46. The van der Waals surface area contributed by atoms with Gasteiger partial charge in [-0.05, 0) is 18.1 Å². The maximum absolute atomic E-state index is 11.8. The van der Waals surface area contributed by atoms with Gasteiger partial charge in [-0.3, -0.25) is 0 Å². The number of hydrogen-bond acceptors (Lipinski definition) is 6. The van der Waals surface area contributed by atoms with Crippen LogP contribution < -0.4 is 5.63 Å². The van der Waals surface area contributed by atoms with Gasteiger partial charge in [0.2, 0.25) is 0 Å². The van der Waals surface area contributed by atoms with Crippen molar-refractivity contribution in [3.05, 3.63) is 76.1 Å². The van der Waals surface area contributed by atoms with E-state index in [1.54, 1.807) is 23.9 Å². The van der Waals surface area contributed by atoms with Crippen LogP contribution in [0.5, 0.6) is 0 Å². The summed E-state index contributed by atoms with van der Waals surface area (Å²) in [6.45, 7) is 3.51. The molecular formula is C23H23NO3S2. The molecule has 0 bridgehead atoms. The molecular weight excluding hydrogens is 402 g/mol.